The van der Waals surface area contributed by atoms with Crippen molar-refractivity contribution in [3.05, 3.63) is 40.2 Å². The van der Waals surface area contributed by atoms with E-state index in [1.807, 2.05) is 0 Å². The summed E-state index contributed by atoms with van der Waals surface area (Å²) in [5, 5.41) is 2.75. The van der Waals surface area contributed by atoms with Crippen LogP contribution < -0.4 is 10.0 Å². The molecule has 0 amide bonds. The normalized spacial score (nSPS) is 11.6. The molecule has 0 aliphatic rings. The van der Waals surface area contributed by atoms with Gasteiger partial charge in [-0.3, -0.25) is 4.72 Å². The molecule has 0 spiro atoms. The summed E-state index contributed by atoms with van der Waals surface area (Å²) in [5.41, 5.74) is 0.713. The van der Waals surface area contributed by atoms with Gasteiger partial charge in [0, 0.05) is 10.7 Å². The molecule has 0 aliphatic carbocycles. The first-order valence-electron chi connectivity index (χ1n) is 5.80. The van der Waals surface area contributed by atoms with E-state index in [9.17, 15) is 8.42 Å². The van der Waals surface area contributed by atoms with E-state index in [-0.39, 0.29) is 10.9 Å². The largest absolute Gasteiger partial charge is 0.446 e. The lowest BCUT2D eigenvalue weighted by molar-refractivity contribution is 0.408. The molecule has 0 aromatic carbocycles. The van der Waals surface area contributed by atoms with Crippen LogP contribution in [0.15, 0.2) is 38.4 Å². The zero-order chi connectivity index (χ0) is 14.8. The van der Waals surface area contributed by atoms with Crippen molar-refractivity contribution in [2.45, 2.75) is 18.6 Å². The maximum Gasteiger partial charge on any atom is 0.296 e. The van der Waals surface area contributed by atoms with E-state index in [4.69, 9.17) is 4.42 Å². The Balaban J connectivity index is 2.26. The SMILES string of the molecule is CNCc1ccc(S(=O)(=O)Nc2ncc(Br)cc2C)o1. The van der Waals surface area contributed by atoms with E-state index < -0.39 is 10.0 Å². The third kappa shape index (κ3) is 3.38. The minimum atomic E-state index is -3.77. The summed E-state index contributed by atoms with van der Waals surface area (Å²) in [6.07, 6.45) is 1.53. The maximum atomic E-state index is 12.2. The zero-order valence-electron chi connectivity index (χ0n) is 11.0. The van der Waals surface area contributed by atoms with Crippen molar-refractivity contribution < 1.29 is 12.8 Å². The fraction of sp³-hybridized carbons (Fsp3) is 0.250. The van der Waals surface area contributed by atoms with Gasteiger partial charge >= 0.3 is 0 Å². The van der Waals surface area contributed by atoms with Gasteiger partial charge in [-0.25, -0.2) is 4.98 Å². The highest BCUT2D eigenvalue weighted by Gasteiger charge is 2.20. The van der Waals surface area contributed by atoms with Gasteiger partial charge in [0.15, 0.2) is 0 Å². The maximum absolute atomic E-state index is 12.2. The van der Waals surface area contributed by atoms with Gasteiger partial charge in [0.2, 0.25) is 5.09 Å². The number of nitrogens with one attached hydrogen (secondary N) is 2. The van der Waals surface area contributed by atoms with Gasteiger partial charge in [0.25, 0.3) is 10.0 Å². The Labute approximate surface area is 125 Å². The Morgan fingerprint density at radius 2 is 2.15 bits per heavy atom. The van der Waals surface area contributed by atoms with Gasteiger partial charge in [0.05, 0.1) is 6.54 Å². The number of nitrogens with zero attached hydrogens (tertiary/aromatic N) is 1. The molecule has 0 fully saturated rings. The number of furan rings is 1. The first-order valence-corrected chi connectivity index (χ1v) is 8.08. The van der Waals surface area contributed by atoms with E-state index in [0.717, 1.165) is 4.47 Å². The molecule has 0 radical (unpaired) electrons. The number of hydrogen-bond donors (Lipinski definition) is 2. The quantitative estimate of drug-likeness (QED) is 0.855. The fourth-order valence-corrected chi connectivity index (χ4v) is 3.08. The zero-order valence-corrected chi connectivity index (χ0v) is 13.4. The number of anilines is 1. The van der Waals surface area contributed by atoms with Gasteiger partial charge in [-0.15, -0.1) is 0 Å². The molecule has 2 N–H and O–H groups in total. The molecule has 6 nitrogen and oxygen atoms in total. The molecular formula is C12H14BrN3O3S. The molecule has 2 aromatic heterocycles. The average Bonchev–Trinajstić information content (AvgIpc) is 2.83. The summed E-state index contributed by atoms with van der Waals surface area (Å²) in [6.45, 7) is 2.23. The second-order valence-electron chi connectivity index (χ2n) is 4.18. The Morgan fingerprint density at radius 3 is 2.80 bits per heavy atom. The lowest BCUT2D eigenvalue weighted by Crippen LogP contribution is -2.14. The lowest BCUT2D eigenvalue weighted by Gasteiger charge is -2.07. The lowest BCUT2D eigenvalue weighted by atomic mass is 10.3. The minimum absolute atomic E-state index is 0.133. The Kier molecular flexibility index (Phi) is 4.46. The van der Waals surface area contributed by atoms with Gasteiger partial charge in [-0.05, 0) is 53.7 Å². The minimum Gasteiger partial charge on any atom is -0.446 e. The van der Waals surface area contributed by atoms with Crippen LogP contribution in [0.25, 0.3) is 0 Å². The first kappa shape index (κ1) is 15.0. The summed E-state index contributed by atoms with van der Waals surface area (Å²) >= 11 is 3.28. The summed E-state index contributed by atoms with van der Waals surface area (Å²) in [7, 11) is -2.01. The van der Waals surface area contributed by atoms with Crippen molar-refractivity contribution in [1.29, 1.82) is 0 Å². The number of halogens is 1. The molecule has 2 heterocycles. The molecule has 0 aliphatic heterocycles. The third-order valence-electron chi connectivity index (χ3n) is 2.53. The van der Waals surface area contributed by atoms with Crippen LogP contribution >= 0.6 is 15.9 Å². The standard InChI is InChI=1S/C12H14BrN3O3S/c1-8-5-9(13)6-15-12(8)16-20(17,18)11-4-3-10(19-11)7-14-2/h3-6,14H,7H2,1-2H3,(H,15,16). The number of aryl methyl sites for hydroxylation is 1. The van der Waals surface area contributed by atoms with Gasteiger partial charge in [-0.1, -0.05) is 0 Å². The number of hydrogen-bond acceptors (Lipinski definition) is 5. The monoisotopic (exact) mass is 359 g/mol. The summed E-state index contributed by atoms with van der Waals surface area (Å²) in [4.78, 5) is 4.04. The molecule has 2 aromatic rings. The summed E-state index contributed by atoms with van der Waals surface area (Å²) in [6, 6.07) is 4.82. The highest BCUT2D eigenvalue weighted by Crippen LogP contribution is 2.21. The van der Waals surface area contributed by atoms with Crippen molar-refractivity contribution in [2.75, 3.05) is 11.8 Å². The van der Waals surface area contributed by atoms with E-state index >= 15 is 0 Å². The van der Waals surface area contributed by atoms with E-state index in [1.54, 1.807) is 26.1 Å². The van der Waals surface area contributed by atoms with Crippen LogP contribution in [0, 0.1) is 6.92 Å². The molecule has 108 valence electrons. The van der Waals surface area contributed by atoms with Crippen molar-refractivity contribution in [2.24, 2.45) is 0 Å². The topological polar surface area (TPSA) is 84.2 Å². The number of pyridine rings is 1. The molecule has 0 saturated carbocycles. The van der Waals surface area contributed by atoms with Crippen molar-refractivity contribution in [1.82, 2.24) is 10.3 Å². The number of aromatic nitrogens is 1. The smallest absolute Gasteiger partial charge is 0.296 e. The van der Waals surface area contributed by atoms with Gasteiger partial charge in [-0.2, -0.15) is 8.42 Å². The third-order valence-corrected chi connectivity index (χ3v) is 4.17. The van der Waals surface area contributed by atoms with Gasteiger partial charge < -0.3 is 9.73 Å². The predicted octanol–water partition coefficient (Wildman–Crippen LogP) is 2.27. The summed E-state index contributed by atoms with van der Waals surface area (Å²) in [5.74, 6) is 0.827. The highest BCUT2D eigenvalue weighted by atomic mass is 79.9. The van der Waals surface area contributed by atoms with Crippen LogP contribution in [-0.4, -0.2) is 20.4 Å². The Bertz CT molecular complexity index is 712. The van der Waals surface area contributed by atoms with Crippen molar-refractivity contribution >= 4 is 31.8 Å². The Morgan fingerprint density at radius 1 is 1.40 bits per heavy atom. The number of sulfonamides is 1. The highest BCUT2D eigenvalue weighted by molar-refractivity contribution is 9.10. The predicted molar refractivity (Wildman–Crippen MR) is 79.0 cm³/mol. The Hall–Kier alpha value is -1.38. The van der Waals surface area contributed by atoms with Crippen LogP contribution in [0.3, 0.4) is 0 Å². The van der Waals surface area contributed by atoms with Gasteiger partial charge in [0.1, 0.15) is 11.6 Å². The molecule has 0 unspecified atom stereocenters. The summed E-state index contributed by atoms with van der Waals surface area (Å²) < 4.78 is 32.8. The second-order valence-corrected chi connectivity index (χ2v) is 6.70. The van der Waals surface area contributed by atoms with Crippen molar-refractivity contribution in [3.63, 3.8) is 0 Å². The molecule has 0 bridgehead atoms. The van der Waals surface area contributed by atoms with Crippen LogP contribution in [0.1, 0.15) is 11.3 Å². The van der Waals surface area contributed by atoms with Crippen LogP contribution in [0.4, 0.5) is 5.82 Å². The van der Waals surface area contributed by atoms with Crippen LogP contribution in [0.2, 0.25) is 0 Å². The van der Waals surface area contributed by atoms with E-state index in [1.165, 1.54) is 12.3 Å². The molecule has 0 atom stereocenters. The first-order chi connectivity index (χ1) is 9.42. The molecule has 0 saturated heterocycles. The second kappa shape index (κ2) is 5.94. The van der Waals surface area contributed by atoms with E-state index in [2.05, 4.69) is 31.0 Å². The molecular weight excluding hydrogens is 346 g/mol. The average molecular weight is 360 g/mol. The van der Waals surface area contributed by atoms with E-state index in [0.29, 0.717) is 17.9 Å². The van der Waals surface area contributed by atoms with Crippen LogP contribution in [0.5, 0.6) is 0 Å². The number of rotatable bonds is 5. The molecule has 20 heavy (non-hydrogen) atoms. The molecule has 8 heteroatoms. The fourth-order valence-electron chi connectivity index (χ4n) is 1.60. The van der Waals surface area contributed by atoms with Crippen molar-refractivity contribution in [3.8, 4) is 0 Å². The molecule has 2 rings (SSSR count). The van der Waals surface area contributed by atoms with Crippen LogP contribution in [-0.2, 0) is 16.6 Å².